The number of para-hydroxylation sites is 1. The van der Waals surface area contributed by atoms with Crippen LogP contribution >= 0.6 is 7.75 Å². The largest absolute Gasteiger partial charge is 0.462 e. The van der Waals surface area contributed by atoms with Gasteiger partial charge < -0.3 is 29.9 Å². The molecule has 1 saturated heterocycles. The first-order valence-corrected chi connectivity index (χ1v) is 13.7. The lowest BCUT2D eigenvalue weighted by molar-refractivity contribution is -0.149. The molecule has 0 unspecified atom stereocenters. The number of benzene rings is 1. The van der Waals surface area contributed by atoms with E-state index >= 15 is 0 Å². The van der Waals surface area contributed by atoms with E-state index in [1.807, 2.05) is 0 Å². The average molecular weight is 568 g/mol. The van der Waals surface area contributed by atoms with Crippen molar-refractivity contribution in [2.24, 2.45) is 0 Å². The second kappa shape index (κ2) is 11.5. The number of hydrogen-bond donors (Lipinski definition) is 4. The van der Waals surface area contributed by atoms with Crippen molar-refractivity contribution in [3.05, 3.63) is 54.5 Å². The second-order valence-electron chi connectivity index (χ2n) is 9.38. The molecular weight excluding hydrogens is 536 g/mol. The van der Waals surface area contributed by atoms with Crippen molar-refractivity contribution in [2.75, 3.05) is 19.0 Å². The number of aliphatic hydroxyl groups excluding tert-OH is 2. The van der Waals surface area contributed by atoms with Crippen LogP contribution in [0.3, 0.4) is 0 Å². The third kappa shape index (κ3) is 6.06. The number of anilines is 1. The smallest absolute Gasteiger partial charge is 0.459 e. The fourth-order valence-corrected chi connectivity index (χ4v) is 5.64. The van der Waals surface area contributed by atoms with E-state index in [9.17, 15) is 24.0 Å². The molecule has 0 spiro atoms. The van der Waals surface area contributed by atoms with Crippen molar-refractivity contribution in [1.29, 1.82) is 0 Å². The molecule has 39 heavy (non-hydrogen) atoms. The van der Waals surface area contributed by atoms with E-state index in [4.69, 9.17) is 24.3 Å². The zero-order chi connectivity index (χ0) is 28.4. The van der Waals surface area contributed by atoms with Gasteiger partial charge in [-0.2, -0.15) is 10.2 Å². The number of rotatable bonds is 11. The van der Waals surface area contributed by atoms with E-state index in [1.54, 1.807) is 44.2 Å². The van der Waals surface area contributed by atoms with Crippen molar-refractivity contribution >= 4 is 25.1 Å². The number of alkyl halides is 1. The van der Waals surface area contributed by atoms with Crippen molar-refractivity contribution in [1.82, 2.24) is 19.7 Å². The zero-order valence-electron chi connectivity index (χ0n) is 21.5. The van der Waals surface area contributed by atoms with Gasteiger partial charge in [-0.15, -0.1) is 0 Å². The number of nitrogens with two attached hydrogens (primary N) is 1. The van der Waals surface area contributed by atoms with Crippen LogP contribution in [0.15, 0.2) is 48.8 Å². The first-order chi connectivity index (χ1) is 18.5. The quantitative estimate of drug-likeness (QED) is 0.196. The van der Waals surface area contributed by atoms with Gasteiger partial charge in [0.25, 0.3) is 0 Å². The predicted molar refractivity (Wildman–Crippen MR) is 136 cm³/mol. The molecular formula is C24H31FN5O8P. The summed E-state index contributed by atoms with van der Waals surface area (Å²) in [5.41, 5.74) is 4.41. The van der Waals surface area contributed by atoms with Gasteiger partial charge in [0.1, 0.15) is 54.2 Å². The molecule has 0 aliphatic carbocycles. The minimum absolute atomic E-state index is 0.134. The Morgan fingerprint density at radius 3 is 2.64 bits per heavy atom. The molecule has 0 saturated carbocycles. The number of halogens is 1. The van der Waals surface area contributed by atoms with E-state index in [2.05, 4.69) is 15.2 Å². The molecule has 13 nitrogen and oxygen atoms in total. The van der Waals surface area contributed by atoms with Crippen LogP contribution in [0.4, 0.5) is 10.2 Å². The topological polar surface area (TPSA) is 180 Å². The summed E-state index contributed by atoms with van der Waals surface area (Å²) in [5.74, 6) is -0.422. The number of hydrogen-bond acceptors (Lipinski definition) is 11. The van der Waals surface area contributed by atoms with Crippen molar-refractivity contribution in [2.45, 2.75) is 56.8 Å². The number of aromatic nitrogens is 3. The lowest BCUT2D eigenvalue weighted by Crippen LogP contribution is -2.49. The monoisotopic (exact) mass is 567 g/mol. The summed E-state index contributed by atoms with van der Waals surface area (Å²) in [4.78, 5) is 16.3. The maximum absolute atomic E-state index is 14.6. The predicted octanol–water partition coefficient (Wildman–Crippen LogP) is 1.95. The summed E-state index contributed by atoms with van der Waals surface area (Å²) in [5, 5.41) is 28.3. The third-order valence-electron chi connectivity index (χ3n) is 6.07. The molecule has 1 aliphatic rings. The third-order valence-corrected chi connectivity index (χ3v) is 7.69. The van der Waals surface area contributed by atoms with E-state index in [1.165, 1.54) is 29.9 Å². The summed E-state index contributed by atoms with van der Waals surface area (Å²) < 4.78 is 51.8. The molecule has 6 atom stereocenters. The number of nitrogens with one attached hydrogen (secondary N) is 1. The fraction of sp³-hybridized carbons (Fsp3) is 0.458. The summed E-state index contributed by atoms with van der Waals surface area (Å²) in [6.45, 7) is 2.56. The number of esters is 1. The average Bonchev–Trinajstić information content (AvgIpc) is 3.43. The summed E-state index contributed by atoms with van der Waals surface area (Å²) >= 11 is 0. The van der Waals surface area contributed by atoms with Gasteiger partial charge in [0.2, 0.25) is 0 Å². The van der Waals surface area contributed by atoms with Crippen LogP contribution in [-0.2, 0) is 23.4 Å². The van der Waals surface area contributed by atoms with Gasteiger partial charge in [0.15, 0.2) is 5.82 Å². The zero-order valence-corrected chi connectivity index (χ0v) is 22.4. The maximum Gasteiger partial charge on any atom is 0.459 e. The number of aliphatic hydroxyl groups is 2. The Labute approximate surface area is 223 Å². The lowest BCUT2D eigenvalue weighted by Gasteiger charge is -2.31. The minimum Gasteiger partial charge on any atom is -0.462 e. The summed E-state index contributed by atoms with van der Waals surface area (Å²) in [6.07, 6.45) is -3.90. The van der Waals surface area contributed by atoms with Gasteiger partial charge in [-0.25, -0.2) is 18.5 Å². The Bertz CT molecular complexity index is 1340. The number of fused-ring (bicyclic) bond motifs is 1. The number of carbonyl (C=O) groups is 1. The Balaban J connectivity index is 1.58. The van der Waals surface area contributed by atoms with Gasteiger partial charge >= 0.3 is 13.7 Å². The number of carbonyl (C=O) groups excluding carboxylic acids is 1. The van der Waals surface area contributed by atoms with Crippen LogP contribution in [-0.4, -0.2) is 74.0 Å². The molecule has 0 radical (unpaired) electrons. The van der Waals surface area contributed by atoms with Crippen LogP contribution in [0, 0.1) is 0 Å². The van der Waals surface area contributed by atoms with Crippen LogP contribution in [0.5, 0.6) is 5.75 Å². The van der Waals surface area contributed by atoms with Gasteiger partial charge in [-0.3, -0.25) is 9.32 Å². The van der Waals surface area contributed by atoms with E-state index in [0.29, 0.717) is 5.52 Å². The fourth-order valence-electron chi connectivity index (χ4n) is 4.09. The number of nitrogens with zero attached hydrogens (tertiary/aromatic N) is 3. The van der Waals surface area contributed by atoms with Crippen LogP contribution in [0.1, 0.15) is 32.6 Å². The molecule has 3 heterocycles. The summed E-state index contributed by atoms with van der Waals surface area (Å²) in [6, 6.07) is 9.96. The standard InChI is InChI=1S/C24H31FN5O8P/c1-14(2)36-23(33)15(3)29-39(34,38-16-7-5-4-6-8-16)35-12-24(11-25)21(32)19(31)20(37-24)17-9-10-18-22(26)27-13-28-30(17)18/h4-10,13-15,19-21,31-32H,11-12H2,1-3H3,(H,29,34)(H2,26,27,28)/t15-,19-,20-,21-,24+,39-/m0/s1. The maximum atomic E-state index is 14.6. The highest BCUT2D eigenvalue weighted by Crippen LogP contribution is 2.48. The molecule has 2 aromatic heterocycles. The second-order valence-corrected chi connectivity index (χ2v) is 11.1. The molecule has 1 aliphatic heterocycles. The summed E-state index contributed by atoms with van der Waals surface area (Å²) in [7, 11) is -4.41. The first-order valence-electron chi connectivity index (χ1n) is 12.1. The Hall–Kier alpha value is -3.13. The van der Waals surface area contributed by atoms with Crippen molar-refractivity contribution < 1.29 is 42.5 Å². The molecule has 1 fully saturated rings. The minimum atomic E-state index is -4.41. The van der Waals surface area contributed by atoms with E-state index in [-0.39, 0.29) is 17.3 Å². The van der Waals surface area contributed by atoms with Crippen LogP contribution < -0.4 is 15.3 Å². The molecule has 212 valence electrons. The van der Waals surface area contributed by atoms with E-state index in [0.717, 1.165) is 0 Å². The van der Waals surface area contributed by atoms with Gasteiger partial charge in [0.05, 0.1) is 18.4 Å². The van der Waals surface area contributed by atoms with Crippen molar-refractivity contribution in [3.8, 4) is 5.75 Å². The van der Waals surface area contributed by atoms with Gasteiger partial charge in [-0.05, 0) is 45.0 Å². The highest BCUT2D eigenvalue weighted by molar-refractivity contribution is 7.52. The highest BCUT2D eigenvalue weighted by Gasteiger charge is 2.57. The number of ether oxygens (including phenoxy) is 2. The molecule has 4 rings (SSSR count). The molecule has 5 N–H and O–H groups in total. The lowest BCUT2D eigenvalue weighted by atomic mass is 9.96. The van der Waals surface area contributed by atoms with Crippen LogP contribution in [0.25, 0.3) is 5.52 Å². The Morgan fingerprint density at radius 2 is 1.97 bits per heavy atom. The molecule has 15 heteroatoms. The molecule has 0 bridgehead atoms. The molecule has 3 aromatic rings. The van der Waals surface area contributed by atoms with E-state index < -0.39 is 63.1 Å². The molecule has 0 amide bonds. The normalized spacial score (nSPS) is 25.5. The highest BCUT2D eigenvalue weighted by atomic mass is 31.2. The number of nitrogen functional groups attached to an aromatic ring is 1. The Morgan fingerprint density at radius 1 is 1.26 bits per heavy atom. The van der Waals surface area contributed by atoms with Gasteiger partial charge in [-0.1, -0.05) is 18.2 Å². The SMILES string of the molecule is CC(C)OC(=O)[C@H](C)N[P@](=O)(OC[C@@]1(CF)O[C@@H](c2ccc3c(N)ncnn23)[C@H](O)[C@@H]1O)Oc1ccccc1. The van der Waals surface area contributed by atoms with Crippen molar-refractivity contribution in [3.63, 3.8) is 0 Å². The van der Waals surface area contributed by atoms with Crippen LogP contribution in [0.2, 0.25) is 0 Å². The van der Waals surface area contributed by atoms with Gasteiger partial charge in [0, 0.05) is 0 Å². The Kier molecular flexibility index (Phi) is 8.54. The molecule has 1 aromatic carbocycles. The first kappa shape index (κ1) is 28.9.